The van der Waals surface area contributed by atoms with Crippen LogP contribution in [0.5, 0.6) is 0 Å². The summed E-state index contributed by atoms with van der Waals surface area (Å²) in [6, 6.07) is 0. The van der Waals surface area contributed by atoms with Gasteiger partial charge in [-0.15, -0.1) is 23.5 Å². The highest BCUT2D eigenvalue weighted by Gasteiger charge is 2.06. The number of hydrogen-bond acceptors (Lipinski definition) is 2. The third-order valence-electron chi connectivity index (χ3n) is 1.74. The average Bonchev–Trinajstić information content (AvgIpc) is 2.16. The Morgan fingerprint density at radius 1 is 1.00 bits per heavy atom. The molecule has 0 aromatic rings. The number of thioether (sulfide) groups is 2. The van der Waals surface area contributed by atoms with Crippen LogP contribution in [0.3, 0.4) is 0 Å². The molecule has 79 valence electrons. The Morgan fingerprint density at radius 2 is 1.46 bits per heavy atom. The first kappa shape index (κ1) is 14.1. The van der Waals surface area contributed by atoms with Crippen molar-refractivity contribution in [3.05, 3.63) is 0 Å². The van der Waals surface area contributed by atoms with Gasteiger partial charge in [0.1, 0.15) is 0 Å². The van der Waals surface area contributed by atoms with Gasteiger partial charge in [-0.2, -0.15) is 0 Å². The monoisotopic (exact) mass is 237 g/mol. The summed E-state index contributed by atoms with van der Waals surface area (Å²) in [5.41, 5.74) is 0. The van der Waals surface area contributed by atoms with Gasteiger partial charge in [0.25, 0.3) is 0 Å². The van der Waals surface area contributed by atoms with Crippen molar-refractivity contribution >= 4 is 36.2 Å². The Balaban J connectivity index is 3.28. The minimum atomic E-state index is 0.674. The minimum Gasteiger partial charge on any atom is -0.147 e. The fourth-order valence-corrected chi connectivity index (χ4v) is 4.03. The van der Waals surface area contributed by atoms with E-state index in [4.69, 9.17) is 12.6 Å². The van der Waals surface area contributed by atoms with Gasteiger partial charge in [-0.1, -0.05) is 39.3 Å². The second-order valence-corrected chi connectivity index (χ2v) is 6.30. The lowest BCUT2D eigenvalue weighted by Crippen LogP contribution is -2.01. The van der Waals surface area contributed by atoms with E-state index in [1.54, 1.807) is 0 Å². The van der Waals surface area contributed by atoms with Crippen LogP contribution in [0.25, 0.3) is 0 Å². The van der Waals surface area contributed by atoms with E-state index < -0.39 is 0 Å². The minimum absolute atomic E-state index is 0.674. The molecule has 1 radical (unpaired) electrons. The quantitative estimate of drug-likeness (QED) is 0.425. The molecule has 0 aliphatic rings. The third-order valence-corrected chi connectivity index (χ3v) is 5.44. The first-order valence-corrected chi connectivity index (χ1v) is 7.83. The zero-order chi connectivity index (χ0) is 9.94. The second kappa shape index (κ2) is 11.1. The summed E-state index contributed by atoms with van der Waals surface area (Å²) >= 11 is 9.24. The fourth-order valence-electron chi connectivity index (χ4n) is 0.863. The predicted molar refractivity (Wildman–Crippen MR) is 71.0 cm³/mol. The van der Waals surface area contributed by atoms with Gasteiger partial charge < -0.3 is 0 Å². The summed E-state index contributed by atoms with van der Waals surface area (Å²) in [5, 5.41) is 0. The lowest BCUT2D eigenvalue weighted by atomic mass is 10.4. The van der Waals surface area contributed by atoms with Gasteiger partial charge in [0.05, 0.1) is 4.58 Å². The molecule has 0 aromatic heterocycles. The van der Waals surface area contributed by atoms with Crippen molar-refractivity contribution in [1.82, 2.24) is 0 Å². The van der Waals surface area contributed by atoms with Crippen LogP contribution in [0.2, 0.25) is 0 Å². The molecular weight excluding hydrogens is 216 g/mol. The fraction of sp³-hybridized carbons (Fsp3) is 1.00. The maximum atomic E-state index is 5.13. The van der Waals surface area contributed by atoms with Gasteiger partial charge in [0.2, 0.25) is 0 Å². The Bertz CT molecular complexity index is 86.2. The molecule has 0 unspecified atom stereocenters. The van der Waals surface area contributed by atoms with E-state index in [0.717, 1.165) is 5.75 Å². The number of hydrogen-bond donors (Lipinski definition) is 0. The highest BCUT2D eigenvalue weighted by Crippen LogP contribution is 2.26. The van der Waals surface area contributed by atoms with Crippen molar-refractivity contribution in [2.45, 2.75) is 44.1 Å². The van der Waals surface area contributed by atoms with Crippen molar-refractivity contribution < 1.29 is 0 Å². The smallest absolute Gasteiger partial charge is 0.0601 e. The number of unbranched alkanes of at least 4 members (excludes halogenated alkanes) is 2. The van der Waals surface area contributed by atoms with E-state index in [-0.39, 0.29) is 0 Å². The number of rotatable bonds is 9. The van der Waals surface area contributed by atoms with Crippen LogP contribution in [-0.2, 0) is 0 Å². The van der Waals surface area contributed by atoms with Crippen molar-refractivity contribution in [1.29, 1.82) is 0 Å². The predicted octanol–water partition coefficient (Wildman–Crippen LogP) is 4.58. The van der Waals surface area contributed by atoms with Crippen molar-refractivity contribution in [3.8, 4) is 0 Å². The molecular formula is C10H21S3. The average molecular weight is 237 g/mol. The molecule has 0 heterocycles. The lowest BCUT2D eigenvalue weighted by molar-refractivity contribution is 0.893. The van der Waals surface area contributed by atoms with Gasteiger partial charge in [0, 0.05) is 5.75 Å². The van der Waals surface area contributed by atoms with Gasteiger partial charge in [-0.05, 0) is 24.3 Å². The molecule has 0 aromatic carbocycles. The molecule has 0 aliphatic carbocycles. The van der Waals surface area contributed by atoms with E-state index >= 15 is 0 Å². The summed E-state index contributed by atoms with van der Waals surface area (Å²) < 4.78 is 0.674. The Kier molecular flexibility index (Phi) is 12.0. The zero-order valence-corrected chi connectivity index (χ0v) is 11.2. The van der Waals surface area contributed by atoms with Crippen LogP contribution in [0.15, 0.2) is 0 Å². The molecule has 0 spiro atoms. The van der Waals surface area contributed by atoms with Gasteiger partial charge >= 0.3 is 0 Å². The molecule has 0 saturated carbocycles. The molecule has 0 amide bonds. The van der Waals surface area contributed by atoms with E-state index in [1.807, 2.05) is 0 Å². The summed E-state index contributed by atoms with van der Waals surface area (Å²) in [5.74, 6) is 3.48. The van der Waals surface area contributed by atoms with Crippen molar-refractivity contribution in [2.24, 2.45) is 0 Å². The molecule has 0 nitrogen and oxygen atoms in total. The Morgan fingerprint density at radius 3 is 1.77 bits per heavy atom. The zero-order valence-electron chi connectivity index (χ0n) is 8.75. The van der Waals surface area contributed by atoms with Gasteiger partial charge in [-0.3, -0.25) is 0 Å². The van der Waals surface area contributed by atoms with E-state index in [0.29, 0.717) is 4.58 Å². The third kappa shape index (κ3) is 9.36. The molecule has 0 saturated heterocycles. The highest BCUT2D eigenvalue weighted by molar-refractivity contribution is 8.17. The van der Waals surface area contributed by atoms with Crippen LogP contribution in [0, 0.1) is 0 Å². The maximum Gasteiger partial charge on any atom is 0.0601 e. The van der Waals surface area contributed by atoms with Crippen molar-refractivity contribution in [2.75, 3.05) is 17.3 Å². The van der Waals surface area contributed by atoms with Crippen LogP contribution < -0.4 is 0 Å². The molecule has 3 heteroatoms. The topological polar surface area (TPSA) is 0 Å². The first-order valence-electron chi connectivity index (χ1n) is 5.16. The van der Waals surface area contributed by atoms with Gasteiger partial charge in [0.15, 0.2) is 0 Å². The van der Waals surface area contributed by atoms with Crippen LogP contribution in [0.1, 0.15) is 39.5 Å². The molecule has 0 rings (SSSR count). The standard InChI is InChI=1S/C10H21S3/c1-3-5-7-12-10(9-11)13-8-6-4-2/h10H,3-9H2,1-2H3. The molecule has 0 bridgehead atoms. The highest BCUT2D eigenvalue weighted by atomic mass is 32.2. The van der Waals surface area contributed by atoms with Crippen LogP contribution in [-0.4, -0.2) is 21.8 Å². The first-order chi connectivity index (χ1) is 6.35. The summed E-state index contributed by atoms with van der Waals surface area (Å²) in [6.45, 7) is 4.49. The van der Waals surface area contributed by atoms with E-state index in [9.17, 15) is 0 Å². The summed E-state index contributed by atoms with van der Waals surface area (Å²) in [7, 11) is 0. The maximum absolute atomic E-state index is 5.13. The molecule has 0 aliphatic heterocycles. The Hall–Kier alpha value is 1.05. The second-order valence-electron chi connectivity index (χ2n) is 3.04. The lowest BCUT2D eigenvalue weighted by Gasteiger charge is -2.12. The largest absolute Gasteiger partial charge is 0.147 e. The molecule has 13 heavy (non-hydrogen) atoms. The molecule has 0 fully saturated rings. The summed E-state index contributed by atoms with van der Waals surface area (Å²) in [6.07, 6.45) is 5.28. The SMILES string of the molecule is CCCCSC(C[S])SCCCC. The van der Waals surface area contributed by atoms with Crippen molar-refractivity contribution in [3.63, 3.8) is 0 Å². The van der Waals surface area contributed by atoms with E-state index in [2.05, 4.69) is 37.4 Å². The van der Waals surface area contributed by atoms with Gasteiger partial charge in [-0.25, -0.2) is 0 Å². The van der Waals surface area contributed by atoms with Crippen LogP contribution in [0.4, 0.5) is 0 Å². The molecule has 0 atom stereocenters. The molecule has 0 N–H and O–H groups in total. The summed E-state index contributed by atoms with van der Waals surface area (Å²) in [4.78, 5) is 0. The van der Waals surface area contributed by atoms with Crippen LogP contribution >= 0.6 is 36.2 Å². The normalized spacial score (nSPS) is 11.1. The van der Waals surface area contributed by atoms with E-state index in [1.165, 1.54) is 37.2 Å². The Labute approximate surface area is 97.4 Å².